The highest BCUT2D eigenvalue weighted by molar-refractivity contribution is 7.56. The standard InChI is InChI=1S/C20H18Cl2NO3P/c1-14-4-3-5-20(15(14)2)23-27(24,25-18-10-6-16(21)7-11-18)26-19-12-8-17(22)9-13-19/h3-13H,1-2H3,(H,23,24). The lowest BCUT2D eigenvalue weighted by molar-refractivity contribution is 0.393. The van der Waals surface area contributed by atoms with Gasteiger partial charge in [-0.2, -0.15) is 0 Å². The topological polar surface area (TPSA) is 47.6 Å². The van der Waals surface area contributed by atoms with Crippen LogP contribution in [0.1, 0.15) is 11.1 Å². The van der Waals surface area contributed by atoms with Gasteiger partial charge in [-0.05, 0) is 79.6 Å². The van der Waals surface area contributed by atoms with E-state index in [0.717, 1.165) is 11.1 Å². The molecule has 0 spiro atoms. The molecular weight excluding hydrogens is 404 g/mol. The maximum absolute atomic E-state index is 13.5. The summed E-state index contributed by atoms with van der Waals surface area (Å²) in [5, 5.41) is 4.04. The first-order valence-corrected chi connectivity index (χ1v) is 10.5. The first kappa shape index (κ1) is 19.6. The lowest BCUT2D eigenvalue weighted by atomic mass is 10.1. The number of nitrogens with one attached hydrogen (secondary N) is 1. The third kappa shape index (κ3) is 5.20. The Morgan fingerprint density at radius 1 is 0.778 bits per heavy atom. The van der Waals surface area contributed by atoms with Gasteiger partial charge in [0.2, 0.25) is 0 Å². The van der Waals surface area contributed by atoms with Gasteiger partial charge >= 0.3 is 7.75 Å². The second-order valence-corrected chi connectivity index (χ2v) is 8.40. The zero-order chi connectivity index (χ0) is 19.4. The number of hydrogen-bond acceptors (Lipinski definition) is 3. The molecule has 0 unspecified atom stereocenters. The van der Waals surface area contributed by atoms with Gasteiger partial charge in [0.05, 0.1) is 0 Å². The Kier molecular flexibility index (Phi) is 6.01. The summed E-state index contributed by atoms with van der Waals surface area (Å²) in [5.74, 6) is 0.740. The molecule has 3 aromatic carbocycles. The number of rotatable bonds is 6. The number of halogens is 2. The Balaban J connectivity index is 1.93. The summed E-state index contributed by atoms with van der Waals surface area (Å²) < 4.78 is 25.0. The van der Waals surface area contributed by atoms with E-state index in [1.165, 1.54) is 0 Å². The maximum Gasteiger partial charge on any atom is 0.541 e. The van der Waals surface area contributed by atoms with Gasteiger partial charge in [0.1, 0.15) is 11.5 Å². The predicted molar refractivity (Wildman–Crippen MR) is 111 cm³/mol. The minimum atomic E-state index is -3.80. The Morgan fingerprint density at radius 3 is 1.74 bits per heavy atom. The van der Waals surface area contributed by atoms with E-state index < -0.39 is 7.75 Å². The van der Waals surface area contributed by atoms with Crippen molar-refractivity contribution < 1.29 is 13.6 Å². The molecule has 0 radical (unpaired) electrons. The summed E-state index contributed by atoms with van der Waals surface area (Å²) in [6.45, 7) is 3.91. The van der Waals surface area contributed by atoms with Gasteiger partial charge in [-0.15, -0.1) is 0 Å². The molecule has 4 nitrogen and oxygen atoms in total. The molecule has 0 fully saturated rings. The predicted octanol–water partition coefficient (Wildman–Crippen LogP) is 7.29. The van der Waals surface area contributed by atoms with Crippen LogP contribution in [0.3, 0.4) is 0 Å². The second kappa shape index (κ2) is 8.26. The van der Waals surface area contributed by atoms with E-state index in [2.05, 4.69) is 5.09 Å². The van der Waals surface area contributed by atoms with Crippen LogP contribution in [0.25, 0.3) is 0 Å². The van der Waals surface area contributed by atoms with Crippen LogP contribution in [0.5, 0.6) is 11.5 Å². The largest absolute Gasteiger partial charge is 0.541 e. The fraction of sp³-hybridized carbons (Fsp3) is 0.100. The summed E-state index contributed by atoms with van der Waals surface area (Å²) in [6, 6.07) is 18.8. The fourth-order valence-electron chi connectivity index (χ4n) is 2.35. The average molecular weight is 422 g/mol. The van der Waals surface area contributed by atoms with Crippen molar-refractivity contribution in [3.05, 3.63) is 87.9 Å². The van der Waals surface area contributed by atoms with E-state index in [4.69, 9.17) is 32.2 Å². The first-order valence-electron chi connectivity index (χ1n) is 8.19. The Morgan fingerprint density at radius 2 is 1.26 bits per heavy atom. The van der Waals surface area contributed by atoms with Crippen molar-refractivity contribution in [2.24, 2.45) is 0 Å². The summed E-state index contributed by atoms with van der Waals surface area (Å²) in [4.78, 5) is 0. The van der Waals surface area contributed by atoms with E-state index in [0.29, 0.717) is 27.2 Å². The summed E-state index contributed by atoms with van der Waals surface area (Å²) in [7, 11) is -3.80. The normalized spacial score (nSPS) is 11.1. The van der Waals surface area contributed by atoms with Crippen LogP contribution in [0.15, 0.2) is 66.7 Å². The molecule has 3 aromatic rings. The van der Waals surface area contributed by atoms with Gasteiger partial charge in [0.25, 0.3) is 0 Å². The Bertz CT molecular complexity index is 924. The molecule has 0 atom stereocenters. The zero-order valence-electron chi connectivity index (χ0n) is 14.8. The van der Waals surface area contributed by atoms with Crippen LogP contribution in [0.2, 0.25) is 10.0 Å². The maximum atomic E-state index is 13.5. The minimum absolute atomic E-state index is 0.370. The van der Waals surface area contributed by atoms with E-state index in [9.17, 15) is 4.57 Å². The first-order chi connectivity index (χ1) is 12.8. The van der Waals surface area contributed by atoms with Gasteiger partial charge < -0.3 is 9.05 Å². The van der Waals surface area contributed by atoms with E-state index in [-0.39, 0.29) is 0 Å². The van der Waals surface area contributed by atoms with Crippen molar-refractivity contribution in [1.82, 2.24) is 0 Å². The highest BCUT2D eigenvalue weighted by Crippen LogP contribution is 2.49. The minimum Gasteiger partial charge on any atom is -0.400 e. The van der Waals surface area contributed by atoms with Gasteiger partial charge in [0, 0.05) is 15.7 Å². The van der Waals surface area contributed by atoms with Crippen LogP contribution in [-0.4, -0.2) is 0 Å². The van der Waals surface area contributed by atoms with Crippen molar-refractivity contribution >= 4 is 36.6 Å². The molecule has 1 N–H and O–H groups in total. The van der Waals surface area contributed by atoms with E-state index in [1.54, 1.807) is 48.5 Å². The third-order valence-corrected chi connectivity index (χ3v) is 5.86. The van der Waals surface area contributed by atoms with Crippen molar-refractivity contribution in [2.45, 2.75) is 13.8 Å². The van der Waals surface area contributed by atoms with Crippen LogP contribution in [0.4, 0.5) is 5.69 Å². The lowest BCUT2D eigenvalue weighted by Gasteiger charge is -2.22. The Labute approximate surface area is 168 Å². The molecule has 0 aliphatic rings. The average Bonchev–Trinajstić information content (AvgIpc) is 2.63. The highest BCUT2D eigenvalue weighted by atomic mass is 35.5. The molecule has 7 heteroatoms. The van der Waals surface area contributed by atoms with Crippen LogP contribution in [-0.2, 0) is 4.57 Å². The molecule has 0 amide bonds. The molecule has 0 bridgehead atoms. The SMILES string of the molecule is Cc1cccc(NP(=O)(Oc2ccc(Cl)cc2)Oc2ccc(Cl)cc2)c1C. The van der Waals surface area contributed by atoms with Crippen LogP contribution >= 0.6 is 30.9 Å². The number of benzene rings is 3. The van der Waals surface area contributed by atoms with Crippen LogP contribution in [0, 0.1) is 13.8 Å². The highest BCUT2D eigenvalue weighted by Gasteiger charge is 2.30. The molecule has 0 saturated carbocycles. The molecular formula is C20H18Cl2NO3P. The van der Waals surface area contributed by atoms with Crippen molar-refractivity contribution in [3.8, 4) is 11.5 Å². The number of aryl methyl sites for hydroxylation is 1. The second-order valence-electron chi connectivity index (χ2n) is 5.95. The molecule has 0 aliphatic heterocycles. The third-order valence-electron chi connectivity index (χ3n) is 3.94. The van der Waals surface area contributed by atoms with Crippen molar-refractivity contribution in [2.75, 3.05) is 5.09 Å². The number of anilines is 1. The molecule has 0 aromatic heterocycles. The summed E-state index contributed by atoms with van der Waals surface area (Å²) in [6.07, 6.45) is 0. The molecule has 0 heterocycles. The lowest BCUT2D eigenvalue weighted by Crippen LogP contribution is -2.11. The number of hydrogen-bond donors (Lipinski definition) is 1. The quantitative estimate of drug-likeness (QED) is 0.424. The van der Waals surface area contributed by atoms with Crippen molar-refractivity contribution in [3.63, 3.8) is 0 Å². The van der Waals surface area contributed by atoms with Gasteiger partial charge in [-0.1, -0.05) is 35.3 Å². The zero-order valence-corrected chi connectivity index (χ0v) is 17.2. The van der Waals surface area contributed by atoms with Crippen molar-refractivity contribution in [1.29, 1.82) is 0 Å². The van der Waals surface area contributed by atoms with E-state index in [1.807, 2.05) is 32.0 Å². The monoisotopic (exact) mass is 421 g/mol. The molecule has 140 valence electrons. The molecule has 3 rings (SSSR count). The van der Waals surface area contributed by atoms with Gasteiger partial charge in [-0.25, -0.2) is 4.57 Å². The van der Waals surface area contributed by atoms with Gasteiger partial charge in [-0.3, -0.25) is 5.09 Å². The van der Waals surface area contributed by atoms with E-state index >= 15 is 0 Å². The molecule has 27 heavy (non-hydrogen) atoms. The van der Waals surface area contributed by atoms with Gasteiger partial charge in [0.15, 0.2) is 0 Å². The fourth-order valence-corrected chi connectivity index (χ4v) is 4.07. The smallest absolute Gasteiger partial charge is 0.400 e. The van der Waals surface area contributed by atoms with Crippen LogP contribution < -0.4 is 14.1 Å². The molecule has 0 saturated heterocycles. The summed E-state index contributed by atoms with van der Waals surface area (Å²) >= 11 is 11.8. The summed E-state index contributed by atoms with van der Waals surface area (Å²) in [5.41, 5.74) is 2.68. The molecule has 0 aliphatic carbocycles. The Hall–Kier alpha value is -2.13.